The maximum atomic E-state index is 7.33. The summed E-state index contributed by atoms with van der Waals surface area (Å²) in [7, 11) is 0. The standard InChI is InChI=1S/C12H15ClN2/c1-9(2)15-8-11(7-14)10-3-5-12(13)6-4-10/h3-9,14-15H,1-2H3/b11-8+,14-7?. The minimum Gasteiger partial charge on any atom is -0.388 e. The molecule has 15 heavy (non-hydrogen) atoms. The van der Waals surface area contributed by atoms with Crippen LogP contribution in [0.3, 0.4) is 0 Å². The molecule has 0 aliphatic rings. The van der Waals surface area contributed by atoms with Crippen LogP contribution in [0.1, 0.15) is 19.4 Å². The number of rotatable bonds is 4. The number of hydrogen-bond acceptors (Lipinski definition) is 2. The fourth-order valence-corrected chi connectivity index (χ4v) is 1.23. The topological polar surface area (TPSA) is 35.9 Å². The van der Waals surface area contributed by atoms with Gasteiger partial charge in [-0.2, -0.15) is 0 Å². The third-order valence-electron chi connectivity index (χ3n) is 1.91. The Hall–Kier alpha value is -1.28. The van der Waals surface area contributed by atoms with Gasteiger partial charge in [-0.05, 0) is 31.5 Å². The van der Waals surface area contributed by atoms with Crippen LogP contribution < -0.4 is 5.32 Å². The van der Waals surface area contributed by atoms with Gasteiger partial charge in [0.05, 0.1) is 0 Å². The molecule has 0 aromatic heterocycles. The van der Waals surface area contributed by atoms with E-state index < -0.39 is 0 Å². The quantitative estimate of drug-likeness (QED) is 0.754. The SMILES string of the molecule is CC(C)N/C=C(\C=N)c1ccc(Cl)cc1. The highest BCUT2D eigenvalue weighted by Crippen LogP contribution is 2.15. The molecule has 0 heterocycles. The van der Waals surface area contributed by atoms with Gasteiger partial charge in [-0.1, -0.05) is 23.7 Å². The van der Waals surface area contributed by atoms with Gasteiger partial charge in [-0.25, -0.2) is 0 Å². The van der Waals surface area contributed by atoms with Crippen LogP contribution in [-0.2, 0) is 0 Å². The first-order chi connectivity index (χ1) is 7.13. The molecule has 0 spiro atoms. The molecule has 0 aliphatic carbocycles. The van der Waals surface area contributed by atoms with E-state index in [4.69, 9.17) is 17.0 Å². The van der Waals surface area contributed by atoms with Crippen LogP contribution in [0, 0.1) is 5.41 Å². The van der Waals surface area contributed by atoms with Gasteiger partial charge in [0, 0.05) is 29.1 Å². The molecule has 0 unspecified atom stereocenters. The van der Waals surface area contributed by atoms with Crippen LogP contribution in [0.2, 0.25) is 5.02 Å². The Bertz CT molecular complexity index is 352. The molecule has 80 valence electrons. The van der Waals surface area contributed by atoms with E-state index in [1.807, 2.05) is 30.5 Å². The van der Waals surface area contributed by atoms with Gasteiger partial charge in [0.1, 0.15) is 0 Å². The van der Waals surface area contributed by atoms with Gasteiger partial charge in [-0.3, -0.25) is 0 Å². The molecule has 0 atom stereocenters. The van der Waals surface area contributed by atoms with Crippen LogP contribution in [0.15, 0.2) is 30.5 Å². The minimum atomic E-state index is 0.368. The van der Waals surface area contributed by atoms with Gasteiger partial charge < -0.3 is 10.7 Å². The lowest BCUT2D eigenvalue weighted by atomic mass is 10.1. The van der Waals surface area contributed by atoms with Crippen molar-refractivity contribution < 1.29 is 0 Å². The number of halogens is 1. The number of allylic oxidation sites excluding steroid dienone is 1. The van der Waals surface area contributed by atoms with Crippen molar-refractivity contribution >= 4 is 23.4 Å². The normalized spacial score (nSPS) is 11.6. The molecule has 2 nitrogen and oxygen atoms in total. The van der Waals surface area contributed by atoms with E-state index in [1.54, 1.807) is 0 Å². The summed E-state index contributed by atoms with van der Waals surface area (Å²) < 4.78 is 0. The number of nitrogens with one attached hydrogen (secondary N) is 2. The van der Waals surface area contributed by atoms with Gasteiger partial charge in [0.2, 0.25) is 0 Å². The molecule has 0 saturated carbocycles. The summed E-state index contributed by atoms with van der Waals surface area (Å²) in [5, 5.41) is 11.2. The van der Waals surface area contributed by atoms with Crippen molar-refractivity contribution in [2.75, 3.05) is 0 Å². The number of hydrogen-bond donors (Lipinski definition) is 2. The van der Waals surface area contributed by atoms with Gasteiger partial charge >= 0.3 is 0 Å². The third kappa shape index (κ3) is 3.76. The summed E-state index contributed by atoms with van der Waals surface area (Å²) in [4.78, 5) is 0. The van der Waals surface area contributed by atoms with Crippen molar-refractivity contribution in [2.24, 2.45) is 0 Å². The fraction of sp³-hybridized carbons (Fsp3) is 0.250. The molecule has 0 fully saturated rings. The summed E-state index contributed by atoms with van der Waals surface area (Å²) in [5.41, 5.74) is 1.84. The average Bonchev–Trinajstić information content (AvgIpc) is 2.21. The molecular weight excluding hydrogens is 208 g/mol. The average molecular weight is 223 g/mol. The van der Waals surface area contributed by atoms with E-state index in [1.165, 1.54) is 6.21 Å². The third-order valence-corrected chi connectivity index (χ3v) is 2.16. The largest absolute Gasteiger partial charge is 0.388 e. The second kappa shape index (κ2) is 5.56. The second-order valence-electron chi connectivity index (χ2n) is 3.57. The number of benzene rings is 1. The molecular formula is C12H15ClN2. The van der Waals surface area contributed by atoms with Crippen molar-refractivity contribution in [3.05, 3.63) is 41.1 Å². The van der Waals surface area contributed by atoms with Crippen molar-refractivity contribution in [2.45, 2.75) is 19.9 Å². The first kappa shape index (κ1) is 11.8. The molecule has 0 amide bonds. The van der Waals surface area contributed by atoms with Crippen LogP contribution in [0.25, 0.3) is 5.57 Å². The van der Waals surface area contributed by atoms with Crippen LogP contribution in [0.4, 0.5) is 0 Å². The Kier molecular flexibility index (Phi) is 4.37. The van der Waals surface area contributed by atoms with E-state index >= 15 is 0 Å². The molecule has 0 saturated heterocycles. The Morgan fingerprint density at radius 1 is 1.33 bits per heavy atom. The summed E-state index contributed by atoms with van der Waals surface area (Å²) in [6.07, 6.45) is 3.18. The first-order valence-electron chi connectivity index (χ1n) is 4.86. The van der Waals surface area contributed by atoms with Crippen molar-refractivity contribution in [1.29, 1.82) is 5.41 Å². The molecule has 1 aromatic rings. The van der Waals surface area contributed by atoms with Gasteiger partial charge in [0.25, 0.3) is 0 Å². The zero-order valence-corrected chi connectivity index (χ0v) is 9.68. The lowest BCUT2D eigenvalue weighted by Crippen LogP contribution is -2.16. The zero-order valence-electron chi connectivity index (χ0n) is 8.92. The summed E-state index contributed by atoms with van der Waals surface area (Å²) >= 11 is 5.79. The Balaban J connectivity index is 2.87. The van der Waals surface area contributed by atoms with Gasteiger partial charge in [-0.15, -0.1) is 0 Å². The lowest BCUT2D eigenvalue weighted by molar-refractivity contribution is 0.704. The fourth-order valence-electron chi connectivity index (χ4n) is 1.11. The van der Waals surface area contributed by atoms with Crippen LogP contribution >= 0.6 is 11.6 Å². The van der Waals surface area contributed by atoms with Crippen LogP contribution in [0.5, 0.6) is 0 Å². The molecule has 0 radical (unpaired) electrons. The molecule has 0 aliphatic heterocycles. The minimum absolute atomic E-state index is 0.368. The van der Waals surface area contributed by atoms with Crippen molar-refractivity contribution in [3.63, 3.8) is 0 Å². The highest BCUT2D eigenvalue weighted by Gasteiger charge is 1.98. The predicted octanol–water partition coefficient (Wildman–Crippen LogP) is 3.33. The van der Waals surface area contributed by atoms with E-state index in [0.717, 1.165) is 11.1 Å². The Morgan fingerprint density at radius 3 is 2.40 bits per heavy atom. The highest BCUT2D eigenvalue weighted by molar-refractivity contribution is 6.30. The lowest BCUT2D eigenvalue weighted by Gasteiger charge is -2.07. The Morgan fingerprint density at radius 2 is 1.93 bits per heavy atom. The van der Waals surface area contributed by atoms with Crippen molar-refractivity contribution in [3.8, 4) is 0 Å². The summed E-state index contributed by atoms with van der Waals surface area (Å²) in [6.45, 7) is 4.11. The highest BCUT2D eigenvalue weighted by atomic mass is 35.5. The van der Waals surface area contributed by atoms with Gasteiger partial charge in [0.15, 0.2) is 0 Å². The van der Waals surface area contributed by atoms with E-state index in [0.29, 0.717) is 11.1 Å². The van der Waals surface area contributed by atoms with E-state index in [-0.39, 0.29) is 0 Å². The molecule has 1 aromatic carbocycles. The smallest absolute Gasteiger partial charge is 0.0406 e. The maximum absolute atomic E-state index is 7.33. The van der Waals surface area contributed by atoms with Crippen LogP contribution in [-0.4, -0.2) is 12.3 Å². The summed E-state index contributed by atoms with van der Waals surface area (Å²) in [5.74, 6) is 0. The Labute approximate surface area is 95.5 Å². The van der Waals surface area contributed by atoms with E-state index in [2.05, 4.69) is 19.2 Å². The monoisotopic (exact) mass is 222 g/mol. The molecule has 1 rings (SSSR count). The summed E-state index contributed by atoms with van der Waals surface area (Å²) in [6, 6.07) is 7.82. The zero-order chi connectivity index (χ0) is 11.3. The first-order valence-corrected chi connectivity index (χ1v) is 5.24. The van der Waals surface area contributed by atoms with E-state index in [9.17, 15) is 0 Å². The molecule has 3 heteroatoms. The molecule has 2 N–H and O–H groups in total. The molecule has 0 bridgehead atoms. The maximum Gasteiger partial charge on any atom is 0.0406 e. The van der Waals surface area contributed by atoms with Crippen molar-refractivity contribution in [1.82, 2.24) is 5.32 Å². The predicted molar refractivity (Wildman–Crippen MR) is 66.5 cm³/mol. The second-order valence-corrected chi connectivity index (χ2v) is 4.01.